The molecule has 18 heavy (non-hydrogen) atoms. The molecule has 1 aliphatic heterocycles. The summed E-state index contributed by atoms with van der Waals surface area (Å²) >= 11 is 0. The molecule has 0 radical (unpaired) electrons. The van der Waals surface area contributed by atoms with Gasteiger partial charge < -0.3 is 19.8 Å². The Morgan fingerprint density at radius 2 is 2.39 bits per heavy atom. The van der Waals surface area contributed by atoms with Crippen molar-refractivity contribution in [3.63, 3.8) is 0 Å². The zero-order chi connectivity index (χ0) is 12.8. The van der Waals surface area contributed by atoms with Crippen molar-refractivity contribution in [3.8, 4) is 0 Å². The molecule has 1 fully saturated rings. The first-order valence-electron chi connectivity index (χ1n) is 6.40. The normalized spacial score (nSPS) is 18.1. The lowest BCUT2D eigenvalue weighted by Gasteiger charge is -2.32. The van der Waals surface area contributed by atoms with E-state index in [0.29, 0.717) is 6.54 Å². The molecule has 6 nitrogen and oxygen atoms in total. The first kappa shape index (κ1) is 12.9. The van der Waals surface area contributed by atoms with Crippen molar-refractivity contribution >= 4 is 5.96 Å². The highest BCUT2D eigenvalue weighted by molar-refractivity contribution is 5.80. The number of likely N-dealkylation sites (tertiary alicyclic amines) is 1. The van der Waals surface area contributed by atoms with Crippen LogP contribution >= 0.6 is 0 Å². The van der Waals surface area contributed by atoms with Gasteiger partial charge in [0.2, 0.25) is 0 Å². The molecule has 0 unspecified atom stereocenters. The largest absolute Gasteiger partial charge is 0.393 e. The van der Waals surface area contributed by atoms with E-state index < -0.39 is 0 Å². The Hall–Kier alpha value is -1.56. The number of piperidine rings is 1. The Morgan fingerprint density at radius 3 is 3.00 bits per heavy atom. The lowest BCUT2D eigenvalue weighted by atomic mass is 10.1. The summed E-state index contributed by atoms with van der Waals surface area (Å²) in [6, 6.07) is 1.81. The van der Waals surface area contributed by atoms with Gasteiger partial charge in [-0.25, -0.2) is 4.99 Å². The third-order valence-corrected chi connectivity index (χ3v) is 2.98. The maximum absolute atomic E-state index is 9.51. The maximum Gasteiger partial charge on any atom is 0.194 e. The van der Waals surface area contributed by atoms with Crippen molar-refractivity contribution in [2.45, 2.75) is 32.4 Å². The number of hydrogen-bond donors (Lipinski definition) is 2. The summed E-state index contributed by atoms with van der Waals surface area (Å²) in [5, 5.41) is 16.6. The minimum Gasteiger partial charge on any atom is -0.393 e. The summed E-state index contributed by atoms with van der Waals surface area (Å²) in [7, 11) is 0. The van der Waals surface area contributed by atoms with Gasteiger partial charge in [0.1, 0.15) is 12.0 Å². The average molecular weight is 252 g/mol. The van der Waals surface area contributed by atoms with Crippen molar-refractivity contribution in [1.29, 1.82) is 0 Å². The molecule has 0 amide bonds. The predicted octanol–water partition coefficient (Wildman–Crippen LogP) is 0.597. The van der Waals surface area contributed by atoms with Crippen molar-refractivity contribution < 1.29 is 9.63 Å². The predicted molar refractivity (Wildman–Crippen MR) is 68.1 cm³/mol. The highest BCUT2D eigenvalue weighted by Crippen LogP contribution is 2.10. The fraction of sp³-hybridized carbons (Fsp3) is 0.667. The van der Waals surface area contributed by atoms with Crippen molar-refractivity contribution in [2.75, 3.05) is 19.6 Å². The smallest absolute Gasteiger partial charge is 0.194 e. The van der Waals surface area contributed by atoms with Crippen molar-refractivity contribution in [2.24, 2.45) is 4.99 Å². The number of hydrogen-bond acceptors (Lipinski definition) is 4. The number of guanidine groups is 1. The second kappa shape index (κ2) is 6.39. The molecular formula is C12H20N4O2. The van der Waals surface area contributed by atoms with E-state index in [0.717, 1.165) is 44.1 Å². The van der Waals surface area contributed by atoms with E-state index in [1.807, 2.05) is 13.0 Å². The van der Waals surface area contributed by atoms with Gasteiger partial charge in [0.25, 0.3) is 0 Å². The third-order valence-electron chi connectivity index (χ3n) is 2.98. The Kier molecular flexibility index (Phi) is 4.58. The quantitative estimate of drug-likeness (QED) is 0.608. The van der Waals surface area contributed by atoms with E-state index in [4.69, 9.17) is 4.52 Å². The Bertz CT molecular complexity index is 369. The summed E-state index contributed by atoms with van der Waals surface area (Å²) in [6.45, 7) is 5.07. The van der Waals surface area contributed by atoms with E-state index in [2.05, 4.69) is 20.4 Å². The van der Waals surface area contributed by atoms with E-state index in [1.54, 1.807) is 6.26 Å². The van der Waals surface area contributed by atoms with Crippen LogP contribution in [0.15, 0.2) is 21.8 Å². The molecule has 1 aromatic rings. The van der Waals surface area contributed by atoms with Crippen LogP contribution in [0.3, 0.4) is 0 Å². The van der Waals surface area contributed by atoms with Gasteiger partial charge in [-0.15, -0.1) is 0 Å². The number of aliphatic hydroxyl groups is 1. The molecular weight excluding hydrogens is 232 g/mol. The minimum atomic E-state index is -0.167. The number of aliphatic imine (C=N–C) groups is 1. The summed E-state index contributed by atoms with van der Waals surface area (Å²) in [5.74, 6) is 0.882. The van der Waals surface area contributed by atoms with Gasteiger partial charge in [-0.3, -0.25) is 0 Å². The summed E-state index contributed by atoms with van der Waals surface area (Å²) < 4.78 is 4.78. The van der Waals surface area contributed by atoms with Crippen LogP contribution in [0.1, 0.15) is 25.5 Å². The molecule has 1 aliphatic rings. The van der Waals surface area contributed by atoms with Crippen LogP contribution in [0.2, 0.25) is 0 Å². The van der Waals surface area contributed by atoms with Crippen LogP contribution in [-0.4, -0.2) is 46.9 Å². The average Bonchev–Trinajstić information content (AvgIpc) is 2.89. The zero-order valence-corrected chi connectivity index (χ0v) is 10.7. The van der Waals surface area contributed by atoms with Gasteiger partial charge in [0.15, 0.2) is 5.96 Å². The molecule has 2 N–H and O–H groups in total. The molecule has 0 spiro atoms. The Labute approximate surface area is 107 Å². The number of nitrogens with one attached hydrogen (secondary N) is 1. The zero-order valence-electron chi connectivity index (χ0n) is 10.7. The van der Waals surface area contributed by atoms with Crippen LogP contribution in [0.25, 0.3) is 0 Å². The first-order valence-corrected chi connectivity index (χ1v) is 6.40. The lowest BCUT2D eigenvalue weighted by molar-refractivity contribution is 0.108. The molecule has 0 saturated carbocycles. The van der Waals surface area contributed by atoms with E-state index in [1.165, 1.54) is 0 Å². The number of aromatic nitrogens is 1. The first-order chi connectivity index (χ1) is 8.79. The third kappa shape index (κ3) is 3.46. The van der Waals surface area contributed by atoms with Crippen LogP contribution < -0.4 is 5.32 Å². The molecule has 2 heterocycles. The molecule has 1 saturated heterocycles. The highest BCUT2D eigenvalue weighted by atomic mass is 16.5. The number of aliphatic hydroxyl groups excluding tert-OH is 1. The molecule has 2 rings (SSSR count). The summed E-state index contributed by atoms with van der Waals surface area (Å²) in [4.78, 5) is 6.71. The SMILES string of the molecule is CCNC(=NCc1ccon1)N1CCC(O)CC1. The monoisotopic (exact) mass is 252 g/mol. The highest BCUT2D eigenvalue weighted by Gasteiger charge is 2.19. The van der Waals surface area contributed by atoms with Crippen molar-refractivity contribution in [1.82, 2.24) is 15.4 Å². The summed E-state index contributed by atoms with van der Waals surface area (Å²) in [6.07, 6.45) is 2.98. The van der Waals surface area contributed by atoms with E-state index in [-0.39, 0.29) is 6.10 Å². The molecule has 0 aliphatic carbocycles. The fourth-order valence-electron chi connectivity index (χ4n) is 1.98. The molecule has 0 bridgehead atoms. The molecule has 6 heteroatoms. The second-order valence-corrected chi connectivity index (χ2v) is 4.38. The summed E-state index contributed by atoms with van der Waals surface area (Å²) in [5.41, 5.74) is 0.822. The Balaban J connectivity index is 1.96. The molecule has 0 aromatic carbocycles. The number of nitrogens with zero attached hydrogens (tertiary/aromatic N) is 3. The van der Waals surface area contributed by atoms with Crippen LogP contribution in [0, 0.1) is 0 Å². The molecule has 100 valence electrons. The lowest BCUT2D eigenvalue weighted by Crippen LogP contribution is -2.46. The van der Waals surface area contributed by atoms with Crippen LogP contribution in [0.5, 0.6) is 0 Å². The standard InChI is InChI=1S/C12H20N4O2/c1-2-13-12(14-9-10-5-8-18-15-10)16-6-3-11(17)4-7-16/h5,8,11,17H,2-4,6-7,9H2,1H3,(H,13,14). The minimum absolute atomic E-state index is 0.167. The van der Waals surface area contributed by atoms with Gasteiger partial charge in [-0.2, -0.15) is 0 Å². The van der Waals surface area contributed by atoms with Gasteiger partial charge in [-0.05, 0) is 19.8 Å². The topological polar surface area (TPSA) is 73.9 Å². The van der Waals surface area contributed by atoms with Crippen molar-refractivity contribution in [3.05, 3.63) is 18.0 Å². The fourth-order valence-corrected chi connectivity index (χ4v) is 1.98. The van der Waals surface area contributed by atoms with Gasteiger partial charge in [-0.1, -0.05) is 5.16 Å². The molecule has 0 atom stereocenters. The second-order valence-electron chi connectivity index (χ2n) is 4.38. The van der Waals surface area contributed by atoms with Gasteiger partial charge in [0.05, 0.1) is 12.6 Å². The number of rotatable bonds is 3. The van der Waals surface area contributed by atoms with E-state index in [9.17, 15) is 5.11 Å². The molecule has 1 aromatic heterocycles. The van der Waals surface area contributed by atoms with Crippen LogP contribution in [0.4, 0.5) is 0 Å². The van der Waals surface area contributed by atoms with E-state index >= 15 is 0 Å². The Morgan fingerprint density at radius 1 is 1.61 bits per heavy atom. The van der Waals surface area contributed by atoms with Crippen LogP contribution in [-0.2, 0) is 6.54 Å². The van der Waals surface area contributed by atoms with Gasteiger partial charge >= 0.3 is 0 Å². The maximum atomic E-state index is 9.51. The van der Waals surface area contributed by atoms with Gasteiger partial charge in [0, 0.05) is 25.7 Å².